The minimum atomic E-state index is -0.670. The zero-order chi connectivity index (χ0) is 20.5. The largest absolute Gasteiger partial charge is 0.490 e. The van der Waals surface area contributed by atoms with Crippen molar-refractivity contribution in [3.05, 3.63) is 63.2 Å². The van der Waals surface area contributed by atoms with Crippen molar-refractivity contribution in [2.45, 2.75) is 0 Å². The Labute approximate surface area is 165 Å². The maximum Gasteiger partial charge on any atom is 0.325 e. The lowest BCUT2D eigenvalue weighted by Crippen LogP contribution is -2.31. The third-order valence-corrected chi connectivity index (χ3v) is 3.71. The van der Waals surface area contributed by atoms with Gasteiger partial charge in [0.2, 0.25) is 0 Å². The minimum Gasteiger partial charge on any atom is -0.490 e. The predicted molar refractivity (Wildman–Crippen MR) is 99.9 cm³/mol. The van der Waals surface area contributed by atoms with Gasteiger partial charge in [0, 0.05) is 16.7 Å². The number of nitrogens with one attached hydrogen (secondary N) is 1. The Morgan fingerprint density at radius 1 is 1.14 bits per heavy atom. The van der Waals surface area contributed by atoms with Crippen molar-refractivity contribution in [1.82, 2.24) is 5.32 Å². The van der Waals surface area contributed by atoms with Gasteiger partial charge in [-0.1, -0.05) is 11.6 Å². The van der Waals surface area contributed by atoms with Crippen LogP contribution in [-0.4, -0.2) is 43.7 Å². The van der Waals surface area contributed by atoms with Gasteiger partial charge in [-0.15, -0.1) is 0 Å². The van der Waals surface area contributed by atoms with Gasteiger partial charge in [0.05, 0.1) is 12.0 Å². The van der Waals surface area contributed by atoms with Crippen molar-refractivity contribution < 1.29 is 28.7 Å². The summed E-state index contributed by atoms with van der Waals surface area (Å²) < 4.78 is 15.2. The molecule has 0 aliphatic carbocycles. The zero-order valence-electron chi connectivity index (χ0n) is 14.8. The van der Waals surface area contributed by atoms with Crippen LogP contribution in [0.5, 0.6) is 11.5 Å². The molecule has 9 nitrogen and oxygen atoms in total. The van der Waals surface area contributed by atoms with Crippen LogP contribution in [0.3, 0.4) is 0 Å². The van der Waals surface area contributed by atoms with Gasteiger partial charge < -0.3 is 19.5 Å². The Kier molecular flexibility index (Phi) is 7.58. The molecule has 28 heavy (non-hydrogen) atoms. The third-order valence-electron chi connectivity index (χ3n) is 3.46. The Hall–Kier alpha value is -3.33. The Morgan fingerprint density at radius 3 is 2.50 bits per heavy atom. The number of benzene rings is 2. The van der Waals surface area contributed by atoms with Crippen molar-refractivity contribution >= 4 is 29.2 Å². The first kappa shape index (κ1) is 21.0. The molecule has 0 atom stereocenters. The summed E-state index contributed by atoms with van der Waals surface area (Å²) >= 11 is 5.76. The summed E-state index contributed by atoms with van der Waals surface area (Å²) in [7, 11) is 1.29. The molecule has 0 aliphatic heterocycles. The fourth-order valence-electron chi connectivity index (χ4n) is 2.13. The van der Waals surface area contributed by atoms with Gasteiger partial charge in [-0.2, -0.15) is 0 Å². The van der Waals surface area contributed by atoms with E-state index in [2.05, 4.69) is 5.32 Å². The number of methoxy groups -OCH3 is 1. The molecule has 0 saturated heterocycles. The zero-order valence-corrected chi connectivity index (χ0v) is 15.6. The number of hydrogen-bond acceptors (Lipinski definition) is 7. The second-order valence-corrected chi connectivity index (χ2v) is 5.79. The Balaban J connectivity index is 1.76. The predicted octanol–water partition coefficient (Wildman–Crippen LogP) is 2.61. The lowest BCUT2D eigenvalue weighted by molar-refractivity contribution is -0.385. The number of nitro benzene ring substituents is 1. The number of hydrogen-bond donors (Lipinski definition) is 1. The fraction of sp³-hybridized carbons (Fsp3) is 0.222. The smallest absolute Gasteiger partial charge is 0.325 e. The molecular weight excluding hydrogens is 392 g/mol. The highest BCUT2D eigenvalue weighted by Gasteiger charge is 2.18. The maximum atomic E-state index is 12.0. The first-order valence-corrected chi connectivity index (χ1v) is 8.43. The van der Waals surface area contributed by atoms with E-state index in [4.69, 9.17) is 25.8 Å². The van der Waals surface area contributed by atoms with Crippen LogP contribution < -0.4 is 14.8 Å². The number of esters is 1. The second kappa shape index (κ2) is 10.1. The van der Waals surface area contributed by atoms with Gasteiger partial charge >= 0.3 is 11.7 Å². The summed E-state index contributed by atoms with van der Waals surface area (Å²) in [6.07, 6.45) is 0. The summed E-state index contributed by atoms with van der Waals surface area (Å²) in [4.78, 5) is 34.0. The van der Waals surface area contributed by atoms with Gasteiger partial charge in [-0.05, 0) is 36.4 Å². The van der Waals surface area contributed by atoms with Gasteiger partial charge in [0.25, 0.3) is 5.91 Å². The molecule has 10 heteroatoms. The number of nitro groups is 1. The van der Waals surface area contributed by atoms with Crippen LogP contribution in [0.15, 0.2) is 42.5 Å². The summed E-state index contributed by atoms with van der Waals surface area (Å²) in [5.74, 6) is -0.715. The summed E-state index contributed by atoms with van der Waals surface area (Å²) in [5.41, 5.74) is -0.330. The number of carbonyl (C=O) groups excluding carboxylic acids is 2. The molecule has 0 saturated carbocycles. The van der Waals surface area contributed by atoms with Gasteiger partial charge in [0.15, 0.2) is 5.75 Å². The van der Waals surface area contributed by atoms with Crippen LogP contribution >= 0.6 is 11.6 Å². The van der Waals surface area contributed by atoms with E-state index < -0.39 is 16.8 Å². The highest BCUT2D eigenvalue weighted by molar-refractivity contribution is 6.30. The number of rotatable bonds is 9. The minimum absolute atomic E-state index is 0.00859. The number of halogens is 1. The first-order chi connectivity index (χ1) is 13.4. The number of nitrogens with zero attached hydrogens (tertiary/aromatic N) is 1. The topological polar surface area (TPSA) is 117 Å². The molecule has 0 bridgehead atoms. The quantitative estimate of drug-likeness (QED) is 0.293. The van der Waals surface area contributed by atoms with E-state index in [1.165, 1.54) is 19.2 Å². The Bertz CT molecular complexity index is 856. The molecule has 1 N–H and O–H groups in total. The highest BCUT2D eigenvalue weighted by Crippen LogP contribution is 2.27. The second-order valence-electron chi connectivity index (χ2n) is 5.35. The van der Waals surface area contributed by atoms with E-state index in [1.807, 2.05) is 0 Å². The third kappa shape index (κ3) is 6.13. The van der Waals surface area contributed by atoms with E-state index in [0.717, 1.165) is 6.07 Å². The maximum absolute atomic E-state index is 12.0. The molecule has 0 radical (unpaired) electrons. The molecule has 2 rings (SSSR count). The molecule has 0 heterocycles. The van der Waals surface area contributed by atoms with Crippen LogP contribution in [0.2, 0.25) is 5.02 Å². The molecule has 0 aromatic heterocycles. The van der Waals surface area contributed by atoms with Crippen molar-refractivity contribution in [3.63, 3.8) is 0 Å². The molecule has 1 amide bonds. The van der Waals surface area contributed by atoms with Crippen LogP contribution in [-0.2, 0) is 9.53 Å². The SMILES string of the molecule is COc1ccc(C(=O)NCC(=O)OCCOc2ccc(Cl)cc2)cc1[N+](=O)[O-]. The number of amides is 1. The van der Waals surface area contributed by atoms with E-state index in [1.54, 1.807) is 24.3 Å². The molecule has 2 aromatic rings. The van der Waals surface area contributed by atoms with Crippen LogP contribution in [0.1, 0.15) is 10.4 Å². The standard InChI is InChI=1S/C18H17ClN2O7/c1-26-16-7-2-12(10-15(16)21(24)25)18(23)20-11-17(22)28-9-8-27-14-5-3-13(19)4-6-14/h2-7,10H,8-9,11H2,1H3,(H,20,23). The number of ether oxygens (including phenoxy) is 3. The molecule has 0 fully saturated rings. The average Bonchev–Trinajstić information content (AvgIpc) is 2.70. The molecule has 0 unspecified atom stereocenters. The van der Waals surface area contributed by atoms with Crippen LogP contribution in [0.25, 0.3) is 0 Å². The molecule has 2 aromatic carbocycles. The van der Waals surface area contributed by atoms with E-state index in [-0.39, 0.29) is 36.8 Å². The van der Waals surface area contributed by atoms with Gasteiger partial charge in [-0.3, -0.25) is 19.7 Å². The number of carbonyl (C=O) groups is 2. The van der Waals surface area contributed by atoms with Crippen molar-refractivity contribution in [2.24, 2.45) is 0 Å². The summed E-state index contributed by atoms with van der Waals surface area (Å²) in [6.45, 7) is -0.267. The van der Waals surface area contributed by atoms with E-state index in [0.29, 0.717) is 10.8 Å². The highest BCUT2D eigenvalue weighted by atomic mass is 35.5. The van der Waals surface area contributed by atoms with Crippen LogP contribution in [0.4, 0.5) is 5.69 Å². The molecular formula is C18H17ClN2O7. The van der Waals surface area contributed by atoms with Crippen molar-refractivity contribution in [3.8, 4) is 11.5 Å². The van der Waals surface area contributed by atoms with E-state index >= 15 is 0 Å². The summed E-state index contributed by atoms with van der Waals surface area (Å²) in [6, 6.07) is 10.4. The van der Waals surface area contributed by atoms with Crippen molar-refractivity contribution in [1.29, 1.82) is 0 Å². The lowest BCUT2D eigenvalue weighted by atomic mass is 10.1. The molecule has 148 valence electrons. The Morgan fingerprint density at radius 2 is 1.86 bits per heavy atom. The average molecular weight is 409 g/mol. The van der Waals surface area contributed by atoms with Crippen LogP contribution in [0, 0.1) is 10.1 Å². The normalized spacial score (nSPS) is 10.1. The first-order valence-electron chi connectivity index (χ1n) is 8.05. The van der Waals surface area contributed by atoms with E-state index in [9.17, 15) is 19.7 Å². The van der Waals surface area contributed by atoms with Crippen molar-refractivity contribution in [2.75, 3.05) is 26.9 Å². The van der Waals surface area contributed by atoms with Gasteiger partial charge in [0.1, 0.15) is 25.5 Å². The summed E-state index contributed by atoms with van der Waals surface area (Å²) in [5, 5.41) is 13.9. The fourth-order valence-corrected chi connectivity index (χ4v) is 2.25. The molecule has 0 aliphatic rings. The lowest BCUT2D eigenvalue weighted by Gasteiger charge is -2.09. The van der Waals surface area contributed by atoms with Gasteiger partial charge in [-0.25, -0.2) is 0 Å². The monoisotopic (exact) mass is 408 g/mol. The molecule has 0 spiro atoms.